The maximum absolute atomic E-state index is 11.8. The smallest absolute Gasteiger partial charge is 0.242 e. The lowest BCUT2D eigenvalue weighted by Gasteiger charge is -2.09. The van der Waals surface area contributed by atoms with Gasteiger partial charge in [0.1, 0.15) is 10.7 Å². The van der Waals surface area contributed by atoms with E-state index in [0.29, 0.717) is 12.4 Å². The molecule has 0 aliphatic rings. The minimum Gasteiger partial charge on any atom is -0.368 e. The third-order valence-corrected chi connectivity index (χ3v) is 3.47. The zero-order chi connectivity index (χ0) is 12.9. The van der Waals surface area contributed by atoms with Crippen molar-refractivity contribution >= 4 is 15.8 Å². The quantitative estimate of drug-likeness (QED) is 0.812. The topological polar surface area (TPSA) is 71.1 Å². The lowest BCUT2D eigenvalue weighted by Crippen LogP contribution is -2.24. The third-order valence-electron chi connectivity index (χ3n) is 2.03. The molecule has 1 aromatic heterocycles. The van der Waals surface area contributed by atoms with Crippen LogP contribution in [0.2, 0.25) is 0 Å². The Bertz CT molecular complexity index is 440. The summed E-state index contributed by atoms with van der Waals surface area (Å²) in [7, 11) is -3.41. The predicted molar refractivity (Wildman–Crippen MR) is 68.5 cm³/mol. The van der Waals surface area contributed by atoms with E-state index in [-0.39, 0.29) is 10.9 Å². The molecule has 0 saturated heterocycles. The fourth-order valence-corrected chi connectivity index (χ4v) is 2.32. The summed E-state index contributed by atoms with van der Waals surface area (Å²) in [5.74, 6) is 0.675. The van der Waals surface area contributed by atoms with E-state index in [9.17, 15) is 8.42 Å². The van der Waals surface area contributed by atoms with Crippen LogP contribution in [0.5, 0.6) is 0 Å². The first kappa shape index (κ1) is 13.9. The Hall–Kier alpha value is -1.14. The number of hydrogen-bond acceptors (Lipinski definition) is 4. The summed E-state index contributed by atoms with van der Waals surface area (Å²) in [4.78, 5) is 4.26. The van der Waals surface area contributed by atoms with Gasteiger partial charge in [-0.25, -0.2) is 18.1 Å². The number of pyridine rings is 1. The van der Waals surface area contributed by atoms with Crippen LogP contribution in [0.3, 0.4) is 0 Å². The summed E-state index contributed by atoms with van der Waals surface area (Å²) in [6, 6.07) is 3.49. The van der Waals surface area contributed by atoms with Gasteiger partial charge in [0.15, 0.2) is 0 Å². The molecule has 0 bridgehead atoms. The first-order chi connectivity index (χ1) is 7.95. The average molecular weight is 257 g/mol. The van der Waals surface area contributed by atoms with Crippen molar-refractivity contribution in [3.05, 3.63) is 18.3 Å². The summed E-state index contributed by atoms with van der Waals surface area (Å²) in [6.07, 6.45) is 2.13. The molecule has 0 unspecified atom stereocenters. The number of aromatic nitrogens is 1. The lowest BCUT2D eigenvalue weighted by atomic mass is 10.4. The van der Waals surface area contributed by atoms with Crippen LogP contribution in [0.1, 0.15) is 27.2 Å². The molecule has 0 aliphatic carbocycles. The van der Waals surface area contributed by atoms with Gasteiger partial charge < -0.3 is 5.32 Å². The van der Waals surface area contributed by atoms with E-state index >= 15 is 0 Å². The summed E-state index contributed by atoms with van der Waals surface area (Å²) in [6.45, 7) is 6.34. The highest BCUT2D eigenvalue weighted by atomic mass is 32.2. The summed E-state index contributed by atoms with van der Waals surface area (Å²) < 4.78 is 26.0. The molecule has 96 valence electrons. The fourth-order valence-electron chi connectivity index (χ4n) is 1.24. The van der Waals surface area contributed by atoms with Crippen LogP contribution >= 0.6 is 0 Å². The van der Waals surface area contributed by atoms with Crippen LogP contribution in [0.15, 0.2) is 23.2 Å². The molecule has 0 amide bonds. The minimum atomic E-state index is -3.41. The summed E-state index contributed by atoms with van der Waals surface area (Å²) >= 11 is 0. The lowest BCUT2D eigenvalue weighted by molar-refractivity contribution is 0.580. The molecule has 17 heavy (non-hydrogen) atoms. The van der Waals surface area contributed by atoms with Gasteiger partial charge in [0.25, 0.3) is 0 Å². The maximum Gasteiger partial charge on any atom is 0.242 e. The molecule has 0 aliphatic heterocycles. The number of rotatable bonds is 6. The highest BCUT2D eigenvalue weighted by Gasteiger charge is 2.13. The highest BCUT2D eigenvalue weighted by Crippen LogP contribution is 2.11. The van der Waals surface area contributed by atoms with E-state index in [4.69, 9.17) is 0 Å². The fraction of sp³-hybridized carbons (Fsp3) is 0.545. The van der Waals surface area contributed by atoms with Gasteiger partial charge in [0.05, 0.1) is 0 Å². The number of sulfonamides is 1. The molecule has 0 atom stereocenters. The molecule has 0 aromatic carbocycles. The minimum absolute atomic E-state index is 0.195. The molecular weight excluding hydrogens is 238 g/mol. The summed E-state index contributed by atoms with van der Waals surface area (Å²) in [5, 5.41) is 3.10. The SMILES string of the molecule is CCCNS(=O)(=O)c1ccc(NC(C)C)nc1. The Morgan fingerprint density at radius 3 is 2.53 bits per heavy atom. The van der Waals surface area contributed by atoms with Gasteiger partial charge in [-0.2, -0.15) is 0 Å². The van der Waals surface area contributed by atoms with Crippen molar-refractivity contribution in [3.8, 4) is 0 Å². The van der Waals surface area contributed by atoms with Gasteiger partial charge in [-0.3, -0.25) is 0 Å². The molecule has 0 fully saturated rings. The Kier molecular flexibility index (Phi) is 4.89. The number of hydrogen-bond donors (Lipinski definition) is 2. The summed E-state index contributed by atoms with van der Waals surface area (Å²) in [5.41, 5.74) is 0. The molecule has 1 aromatic rings. The van der Waals surface area contributed by atoms with Crippen LogP contribution in [-0.2, 0) is 10.0 Å². The van der Waals surface area contributed by atoms with Gasteiger partial charge in [-0.15, -0.1) is 0 Å². The van der Waals surface area contributed by atoms with E-state index in [1.54, 1.807) is 12.1 Å². The molecule has 5 nitrogen and oxygen atoms in total. The zero-order valence-corrected chi connectivity index (χ0v) is 11.2. The van der Waals surface area contributed by atoms with Gasteiger partial charge in [-0.1, -0.05) is 6.92 Å². The molecule has 6 heteroatoms. The molecule has 2 N–H and O–H groups in total. The molecule has 0 radical (unpaired) electrons. The van der Waals surface area contributed by atoms with Crippen molar-refractivity contribution < 1.29 is 8.42 Å². The average Bonchev–Trinajstić information content (AvgIpc) is 2.26. The molecular formula is C11H19N3O2S. The normalized spacial score (nSPS) is 11.8. The Labute approximate surface area is 103 Å². The second kappa shape index (κ2) is 5.97. The molecule has 1 heterocycles. The third kappa shape index (κ3) is 4.32. The van der Waals surface area contributed by atoms with Crippen LogP contribution in [-0.4, -0.2) is 26.0 Å². The van der Waals surface area contributed by atoms with Gasteiger partial charge in [-0.05, 0) is 32.4 Å². The van der Waals surface area contributed by atoms with Crippen molar-refractivity contribution in [3.63, 3.8) is 0 Å². The van der Waals surface area contributed by atoms with Crippen LogP contribution in [0.4, 0.5) is 5.82 Å². The first-order valence-corrected chi connectivity index (χ1v) is 7.16. The highest BCUT2D eigenvalue weighted by molar-refractivity contribution is 7.89. The number of nitrogens with one attached hydrogen (secondary N) is 2. The molecule has 0 saturated carbocycles. The number of nitrogens with zero attached hydrogens (tertiary/aromatic N) is 1. The van der Waals surface area contributed by atoms with Gasteiger partial charge in [0, 0.05) is 18.8 Å². The molecule has 1 rings (SSSR count). The Morgan fingerprint density at radius 2 is 2.06 bits per heavy atom. The monoisotopic (exact) mass is 257 g/mol. The van der Waals surface area contributed by atoms with Crippen LogP contribution < -0.4 is 10.0 Å². The second-order valence-corrected chi connectivity index (χ2v) is 5.84. The van der Waals surface area contributed by atoms with Crippen molar-refractivity contribution in [2.24, 2.45) is 0 Å². The van der Waals surface area contributed by atoms with E-state index in [1.807, 2.05) is 20.8 Å². The molecule has 0 spiro atoms. The second-order valence-electron chi connectivity index (χ2n) is 4.08. The van der Waals surface area contributed by atoms with E-state index in [1.165, 1.54) is 6.20 Å². The van der Waals surface area contributed by atoms with Gasteiger partial charge in [0.2, 0.25) is 10.0 Å². The van der Waals surface area contributed by atoms with Gasteiger partial charge >= 0.3 is 0 Å². The van der Waals surface area contributed by atoms with E-state index in [0.717, 1.165) is 6.42 Å². The number of anilines is 1. The maximum atomic E-state index is 11.8. The van der Waals surface area contributed by atoms with Crippen molar-refractivity contribution in [1.29, 1.82) is 0 Å². The largest absolute Gasteiger partial charge is 0.368 e. The first-order valence-electron chi connectivity index (χ1n) is 5.68. The van der Waals surface area contributed by atoms with E-state index in [2.05, 4.69) is 15.0 Å². The predicted octanol–water partition coefficient (Wildman–Crippen LogP) is 1.59. The Balaban J connectivity index is 2.80. The van der Waals surface area contributed by atoms with Crippen molar-refractivity contribution in [2.45, 2.75) is 38.1 Å². The van der Waals surface area contributed by atoms with E-state index < -0.39 is 10.0 Å². The van der Waals surface area contributed by atoms with Crippen molar-refractivity contribution in [1.82, 2.24) is 9.71 Å². The van der Waals surface area contributed by atoms with Crippen LogP contribution in [0, 0.1) is 0 Å². The zero-order valence-electron chi connectivity index (χ0n) is 10.4. The van der Waals surface area contributed by atoms with Crippen molar-refractivity contribution in [2.75, 3.05) is 11.9 Å². The standard InChI is InChI=1S/C11H19N3O2S/c1-4-7-13-17(15,16)10-5-6-11(12-8-10)14-9(2)3/h5-6,8-9,13H,4,7H2,1-3H3,(H,12,14). The van der Waals surface area contributed by atoms with Crippen LogP contribution in [0.25, 0.3) is 0 Å². The Morgan fingerprint density at radius 1 is 1.35 bits per heavy atom.